The molecule has 108 valence electrons. The summed E-state index contributed by atoms with van der Waals surface area (Å²) in [7, 11) is 1.34. The van der Waals surface area contributed by atoms with Gasteiger partial charge in [-0.05, 0) is 47.3 Å². The van der Waals surface area contributed by atoms with Gasteiger partial charge in [0.2, 0.25) is 0 Å². The zero-order valence-corrected chi connectivity index (χ0v) is 12.9. The van der Waals surface area contributed by atoms with Crippen LogP contribution in [0.3, 0.4) is 0 Å². The Hall–Kier alpha value is -1.56. The summed E-state index contributed by atoms with van der Waals surface area (Å²) >= 11 is 3.33. The number of piperidine rings is 1. The number of methoxy groups -OCH3 is 1. The van der Waals surface area contributed by atoms with Crippen molar-refractivity contribution >= 4 is 33.5 Å². The fourth-order valence-electron chi connectivity index (χ4n) is 2.43. The highest BCUT2D eigenvalue weighted by atomic mass is 79.9. The molecule has 1 atom stereocenters. The van der Waals surface area contributed by atoms with Crippen molar-refractivity contribution < 1.29 is 14.3 Å². The van der Waals surface area contributed by atoms with E-state index >= 15 is 0 Å². The molecule has 0 saturated carbocycles. The molecule has 5 nitrogen and oxygen atoms in total. The molecule has 0 spiro atoms. The molecule has 1 amide bonds. The molecule has 1 aliphatic rings. The lowest BCUT2D eigenvalue weighted by Crippen LogP contribution is -2.48. The molecule has 6 heteroatoms. The van der Waals surface area contributed by atoms with Gasteiger partial charge in [0.25, 0.3) is 5.91 Å². The van der Waals surface area contributed by atoms with Crippen LogP contribution in [0.1, 0.15) is 29.6 Å². The number of halogens is 1. The van der Waals surface area contributed by atoms with Gasteiger partial charge in [-0.3, -0.25) is 4.79 Å². The van der Waals surface area contributed by atoms with Crippen LogP contribution in [-0.2, 0) is 9.53 Å². The number of carbonyl (C=O) groups is 2. The summed E-state index contributed by atoms with van der Waals surface area (Å²) in [6.07, 6.45) is 2.44. The molecule has 1 aromatic rings. The van der Waals surface area contributed by atoms with Crippen molar-refractivity contribution in [2.24, 2.45) is 0 Å². The monoisotopic (exact) mass is 340 g/mol. The number of nitrogens with two attached hydrogens (primary N) is 1. The van der Waals surface area contributed by atoms with Crippen LogP contribution in [0.15, 0.2) is 22.7 Å². The fourth-order valence-corrected chi connectivity index (χ4v) is 2.86. The topological polar surface area (TPSA) is 72.6 Å². The van der Waals surface area contributed by atoms with Crippen LogP contribution in [0.4, 0.5) is 5.69 Å². The van der Waals surface area contributed by atoms with Crippen LogP contribution >= 0.6 is 15.9 Å². The zero-order chi connectivity index (χ0) is 14.7. The standard InChI is InChI=1S/C14H17BrN2O3/c1-20-14(19)11-7-2-3-8-17(11)13(18)9-5-4-6-10(16)12(9)15/h4-6,11H,2-3,7-8,16H2,1H3. The van der Waals surface area contributed by atoms with Gasteiger partial charge in [-0.15, -0.1) is 0 Å². The Morgan fingerprint density at radius 3 is 2.85 bits per heavy atom. The summed E-state index contributed by atoms with van der Waals surface area (Å²) in [4.78, 5) is 26.0. The second-order valence-corrected chi connectivity index (χ2v) is 5.54. The first kappa shape index (κ1) is 14.8. The van der Waals surface area contributed by atoms with Crippen molar-refractivity contribution in [1.29, 1.82) is 0 Å². The molecule has 0 bridgehead atoms. The normalized spacial score (nSPS) is 18.7. The number of nitrogen functional groups attached to an aromatic ring is 1. The fraction of sp³-hybridized carbons (Fsp3) is 0.429. The van der Waals surface area contributed by atoms with E-state index < -0.39 is 6.04 Å². The maximum atomic E-state index is 12.6. The predicted octanol–water partition coefficient (Wildman–Crippen LogP) is 2.20. The quantitative estimate of drug-likeness (QED) is 0.661. The number of amides is 1. The first-order valence-electron chi connectivity index (χ1n) is 6.49. The van der Waals surface area contributed by atoms with Gasteiger partial charge in [0.15, 0.2) is 0 Å². The lowest BCUT2D eigenvalue weighted by atomic mass is 10.0. The SMILES string of the molecule is COC(=O)C1CCCCN1C(=O)c1cccc(N)c1Br. The van der Waals surface area contributed by atoms with Crippen molar-refractivity contribution in [1.82, 2.24) is 4.90 Å². The van der Waals surface area contributed by atoms with E-state index in [1.54, 1.807) is 23.1 Å². The first-order valence-corrected chi connectivity index (χ1v) is 7.28. The summed E-state index contributed by atoms with van der Waals surface area (Å²) in [6, 6.07) is 4.64. The lowest BCUT2D eigenvalue weighted by Gasteiger charge is -2.34. The van der Waals surface area contributed by atoms with Gasteiger partial charge in [-0.25, -0.2) is 4.79 Å². The van der Waals surface area contributed by atoms with Crippen molar-refractivity contribution in [3.8, 4) is 0 Å². The number of ether oxygens (including phenoxy) is 1. The average molecular weight is 341 g/mol. The average Bonchev–Trinajstić information content (AvgIpc) is 2.48. The third-order valence-corrected chi connectivity index (χ3v) is 4.38. The van der Waals surface area contributed by atoms with Gasteiger partial charge >= 0.3 is 5.97 Å². The molecule has 0 radical (unpaired) electrons. The number of rotatable bonds is 2. The highest BCUT2D eigenvalue weighted by Gasteiger charge is 2.34. The number of anilines is 1. The van der Waals surface area contributed by atoms with Crippen LogP contribution < -0.4 is 5.73 Å². The van der Waals surface area contributed by atoms with E-state index in [1.165, 1.54) is 7.11 Å². The van der Waals surface area contributed by atoms with Crippen LogP contribution in [-0.4, -0.2) is 36.5 Å². The van der Waals surface area contributed by atoms with E-state index in [0.29, 0.717) is 28.7 Å². The number of carbonyl (C=O) groups excluding carboxylic acids is 2. The number of nitrogens with zero attached hydrogens (tertiary/aromatic N) is 1. The Morgan fingerprint density at radius 2 is 2.15 bits per heavy atom. The largest absolute Gasteiger partial charge is 0.467 e. The van der Waals surface area contributed by atoms with Crippen molar-refractivity contribution in [3.05, 3.63) is 28.2 Å². The van der Waals surface area contributed by atoms with Crippen molar-refractivity contribution in [2.75, 3.05) is 19.4 Å². The molecule has 1 aliphatic heterocycles. The van der Waals surface area contributed by atoms with Crippen LogP contribution in [0.5, 0.6) is 0 Å². The summed E-state index contributed by atoms with van der Waals surface area (Å²) in [5.41, 5.74) is 6.77. The molecule has 2 N–H and O–H groups in total. The Balaban J connectivity index is 2.30. The highest BCUT2D eigenvalue weighted by molar-refractivity contribution is 9.10. The predicted molar refractivity (Wildman–Crippen MR) is 79.2 cm³/mol. The molecule has 0 aliphatic carbocycles. The molecule has 2 rings (SSSR count). The van der Waals surface area contributed by atoms with Gasteiger partial charge in [0.1, 0.15) is 6.04 Å². The number of hydrogen-bond acceptors (Lipinski definition) is 4. The van der Waals surface area contributed by atoms with Crippen LogP contribution in [0.2, 0.25) is 0 Å². The number of esters is 1. The third-order valence-electron chi connectivity index (χ3n) is 3.50. The summed E-state index contributed by atoms with van der Waals surface area (Å²) in [6.45, 7) is 0.555. The van der Waals surface area contributed by atoms with Crippen molar-refractivity contribution in [3.63, 3.8) is 0 Å². The van der Waals surface area contributed by atoms with Gasteiger partial charge in [-0.2, -0.15) is 0 Å². The molecule has 20 heavy (non-hydrogen) atoms. The van der Waals surface area contributed by atoms with E-state index in [0.717, 1.165) is 12.8 Å². The molecular formula is C14H17BrN2O3. The highest BCUT2D eigenvalue weighted by Crippen LogP contribution is 2.27. The number of likely N-dealkylation sites (tertiary alicyclic amines) is 1. The molecule has 1 heterocycles. The summed E-state index contributed by atoms with van der Waals surface area (Å²) in [5, 5.41) is 0. The molecule has 1 aromatic carbocycles. The van der Waals surface area contributed by atoms with Gasteiger partial charge < -0.3 is 15.4 Å². The second-order valence-electron chi connectivity index (χ2n) is 4.74. The molecule has 1 fully saturated rings. The third kappa shape index (κ3) is 2.80. The summed E-state index contributed by atoms with van der Waals surface area (Å²) < 4.78 is 5.36. The van der Waals surface area contributed by atoms with Crippen molar-refractivity contribution in [2.45, 2.75) is 25.3 Å². The maximum Gasteiger partial charge on any atom is 0.328 e. The second kappa shape index (κ2) is 6.26. The van der Waals surface area contributed by atoms with E-state index in [2.05, 4.69) is 15.9 Å². The van der Waals surface area contributed by atoms with E-state index in [4.69, 9.17) is 10.5 Å². The summed E-state index contributed by atoms with van der Waals surface area (Å²) in [5.74, 6) is -0.558. The van der Waals surface area contributed by atoms with E-state index in [-0.39, 0.29) is 11.9 Å². The molecular weight excluding hydrogens is 324 g/mol. The molecule has 0 aromatic heterocycles. The van der Waals surface area contributed by atoms with Gasteiger partial charge in [-0.1, -0.05) is 6.07 Å². The van der Waals surface area contributed by atoms with Gasteiger partial charge in [0, 0.05) is 12.2 Å². The smallest absolute Gasteiger partial charge is 0.328 e. The van der Waals surface area contributed by atoms with Gasteiger partial charge in [0.05, 0.1) is 17.1 Å². The minimum absolute atomic E-state index is 0.195. The molecule has 1 unspecified atom stereocenters. The first-order chi connectivity index (χ1) is 9.56. The Morgan fingerprint density at radius 1 is 1.40 bits per heavy atom. The minimum atomic E-state index is -0.505. The van der Waals surface area contributed by atoms with E-state index in [1.807, 2.05) is 0 Å². The van der Waals surface area contributed by atoms with Crippen LogP contribution in [0, 0.1) is 0 Å². The Labute approximate surface area is 126 Å². The van der Waals surface area contributed by atoms with Crippen LogP contribution in [0.25, 0.3) is 0 Å². The maximum absolute atomic E-state index is 12.6. The number of hydrogen-bond donors (Lipinski definition) is 1. The van der Waals surface area contributed by atoms with E-state index in [9.17, 15) is 9.59 Å². The lowest BCUT2D eigenvalue weighted by molar-refractivity contribution is -0.147. The Bertz CT molecular complexity index is 533. The Kier molecular flexibility index (Phi) is 4.65. The molecule has 1 saturated heterocycles. The zero-order valence-electron chi connectivity index (χ0n) is 11.3. The number of benzene rings is 1. The minimum Gasteiger partial charge on any atom is -0.467 e.